The van der Waals surface area contributed by atoms with Crippen LogP contribution in [-0.4, -0.2) is 41.4 Å². The van der Waals surface area contributed by atoms with Crippen molar-refractivity contribution < 1.29 is 0 Å². The van der Waals surface area contributed by atoms with Crippen LogP contribution in [0.5, 0.6) is 0 Å². The zero-order valence-electron chi connectivity index (χ0n) is 13.7. The van der Waals surface area contributed by atoms with E-state index < -0.39 is 0 Å². The van der Waals surface area contributed by atoms with Crippen LogP contribution in [0.3, 0.4) is 0 Å². The maximum Gasteiger partial charge on any atom is 0.0524 e. The van der Waals surface area contributed by atoms with E-state index in [0.29, 0.717) is 0 Å². The number of anilines is 1. The van der Waals surface area contributed by atoms with Gasteiger partial charge in [-0.05, 0) is 44.5 Å². The molecule has 0 N–H and O–H groups in total. The highest BCUT2D eigenvalue weighted by Gasteiger charge is 2.16. The van der Waals surface area contributed by atoms with Crippen LogP contribution >= 0.6 is 0 Å². The molecule has 3 rings (SSSR count). The maximum atomic E-state index is 4.35. The fourth-order valence-electron chi connectivity index (χ4n) is 3.27. The van der Waals surface area contributed by atoms with E-state index in [0.717, 1.165) is 26.2 Å². The summed E-state index contributed by atoms with van der Waals surface area (Å²) in [6.07, 6.45) is 4.38. The van der Waals surface area contributed by atoms with Gasteiger partial charge in [0.1, 0.15) is 0 Å². The summed E-state index contributed by atoms with van der Waals surface area (Å²) in [7, 11) is 2.20. The summed E-state index contributed by atoms with van der Waals surface area (Å²) in [6.45, 7) is 7.38. The van der Waals surface area contributed by atoms with Gasteiger partial charge in [0.25, 0.3) is 0 Å². The smallest absolute Gasteiger partial charge is 0.0524 e. The fraction of sp³-hybridized carbons (Fsp3) is 0.500. The lowest BCUT2D eigenvalue weighted by Crippen LogP contribution is -2.36. The first-order valence-corrected chi connectivity index (χ1v) is 8.30. The van der Waals surface area contributed by atoms with Crippen molar-refractivity contribution in [2.24, 2.45) is 0 Å². The number of para-hydroxylation sites is 1. The summed E-state index contributed by atoms with van der Waals surface area (Å²) >= 11 is 0. The van der Waals surface area contributed by atoms with Crippen molar-refractivity contribution >= 4 is 5.69 Å². The summed E-state index contributed by atoms with van der Waals surface area (Å²) in [5.74, 6) is 0. The first-order valence-electron chi connectivity index (χ1n) is 8.30. The van der Waals surface area contributed by atoms with E-state index >= 15 is 0 Å². The van der Waals surface area contributed by atoms with Gasteiger partial charge >= 0.3 is 0 Å². The van der Waals surface area contributed by atoms with Gasteiger partial charge in [0.15, 0.2) is 0 Å². The number of benzene rings is 1. The van der Waals surface area contributed by atoms with Crippen LogP contribution in [0, 0.1) is 0 Å². The van der Waals surface area contributed by atoms with Gasteiger partial charge in [-0.25, -0.2) is 0 Å². The van der Waals surface area contributed by atoms with Crippen LogP contribution < -0.4 is 4.90 Å². The zero-order chi connectivity index (χ0) is 15.4. The van der Waals surface area contributed by atoms with Gasteiger partial charge in [-0.1, -0.05) is 18.2 Å². The Hall–Kier alpha value is -1.81. The molecule has 2 aromatic rings. The molecule has 0 unspecified atom stereocenters. The molecule has 0 aliphatic carbocycles. The van der Waals surface area contributed by atoms with Crippen molar-refractivity contribution in [1.29, 1.82) is 0 Å². The summed E-state index contributed by atoms with van der Waals surface area (Å²) in [5, 5.41) is 4.35. The van der Waals surface area contributed by atoms with E-state index in [2.05, 4.69) is 63.9 Å². The number of hydrogen-bond donors (Lipinski definition) is 0. The van der Waals surface area contributed by atoms with Gasteiger partial charge in [0.2, 0.25) is 0 Å². The minimum atomic E-state index is 0.940. The minimum Gasteiger partial charge on any atom is -0.370 e. The van der Waals surface area contributed by atoms with Gasteiger partial charge in [0, 0.05) is 44.6 Å². The molecule has 4 heteroatoms. The molecule has 1 aromatic heterocycles. The van der Waals surface area contributed by atoms with Crippen LogP contribution in [0.2, 0.25) is 0 Å². The molecule has 0 saturated carbocycles. The molecule has 2 heterocycles. The maximum absolute atomic E-state index is 4.35. The second-order valence-corrected chi connectivity index (χ2v) is 6.10. The summed E-state index contributed by atoms with van der Waals surface area (Å²) in [6, 6.07) is 11.0. The first-order chi connectivity index (χ1) is 10.8. The second kappa shape index (κ2) is 6.97. The molecule has 0 fully saturated rings. The number of fused-ring (bicyclic) bond motifs is 1. The monoisotopic (exact) mass is 298 g/mol. The highest BCUT2D eigenvalue weighted by atomic mass is 15.3. The molecule has 1 aliphatic heterocycles. The predicted molar refractivity (Wildman–Crippen MR) is 91.2 cm³/mol. The lowest BCUT2D eigenvalue weighted by Gasteiger charge is -2.32. The Bertz CT molecular complexity index is 605. The van der Waals surface area contributed by atoms with Crippen LogP contribution in [0.1, 0.15) is 24.6 Å². The van der Waals surface area contributed by atoms with Gasteiger partial charge in [0.05, 0.1) is 5.69 Å². The van der Waals surface area contributed by atoms with Gasteiger partial charge in [-0.3, -0.25) is 9.58 Å². The van der Waals surface area contributed by atoms with Crippen molar-refractivity contribution in [1.82, 2.24) is 14.7 Å². The molecule has 0 bridgehead atoms. The quantitative estimate of drug-likeness (QED) is 0.819. The predicted octanol–water partition coefficient (Wildman–Crippen LogP) is 2.79. The molecule has 118 valence electrons. The lowest BCUT2D eigenvalue weighted by atomic mass is 10.0. The van der Waals surface area contributed by atoms with E-state index in [1.165, 1.54) is 36.3 Å². The number of hydrogen-bond acceptors (Lipinski definition) is 3. The molecule has 0 atom stereocenters. The largest absolute Gasteiger partial charge is 0.370 e. The molecule has 0 radical (unpaired) electrons. The lowest BCUT2D eigenvalue weighted by molar-refractivity contribution is 0.319. The van der Waals surface area contributed by atoms with Crippen molar-refractivity contribution in [3.8, 4) is 0 Å². The third-order valence-corrected chi connectivity index (χ3v) is 4.49. The average molecular weight is 298 g/mol. The second-order valence-electron chi connectivity index (χ2n) is 6.10. The first kappa shape index (κ1) is 15.1. The summed E-state index contributed by atoms with van der Waals surface area (Å²) < 4.78 is 2.08. The number of aromatic nitrogens is 2. The fourth-order valence-corrected chi connectivity index (χ4v) is 3.27. The number of likely N-dealkylation sites (N-methyl/N-ethyl adjacent to an activating group) is 1. The number of rotatable bonds is 6. The molecule has 0 saturated heterocycles. The van der Waals surface area contributed by atoms with E-state index in [1.807, 2.05) is 6.20 Å². The van der Waals surface area contributed by atoms with E-state index in [4.69, 9.17) is 0 Å². The molecule has 1 aliphatic rings. The van der Waals surface area contributed by atoms with E-state index in [1.54, 1.807) is 0 Å². The Morgan fingerprint density at radius 3 is 2.95 bits per heavy atom. The van der Waals surface area contributed by atoms with Crippen LogP contribution in [0.25, 0.3) is 0 Å². The molecule has 0 amide bonds. The SMILES string of the molecule is CCn1nccc1CN(C)CCN1CCCc2ccccc21. The van der Waals surface area contributed by atoms with Crippen LogP contribution in [0.4, 0.5) is 5.69 Å². The normalized spacial score (nSPS) is 14.4. The Labute approximate surface area is 133 Å². The van der Waals surface area contributed by atoms with Crippen molar-refractivity contribution in [3.05, 3.63) is 47.8 Å². The Kier molecular flexibility index (Phi) is 4.78. The molecule has 4 nitrogen and oxygen atoms in total. The van der Waals surface area contributed by atoms with Crippen molar-refractivity contribution in [2.45, 2.75) is 32.9 Å². The zero-order valence-corrected chi connectivity index (χ0v) is 13.7. The van der Waals surface area contributed by atoms with E-state index in [9.17, 15) is 0 Å². The van der Waals surface area contributed by atoms with Crippen LogP contribution in [-0.2, 0) is 19.5 Å². The average Bonchev–Trinajstić information content (AvgIpc) is 3.00. The molecule has 1 aromatic carbocycles. The molecular weight excluding hydrogens is 272 g/mol. The highest BCUT2D eigenvalue weighted by Crippen LogP contribution is 2.26. The van der Waals surface area contributed by atoms with Gasteiger partial charge < -0.3 is 4.90 Å². The summed E-state index contributed by atoms with van der Waals surface area (Å²) in [4.78, 5) is 4.92. The van der Waals surface area contributed by atoms with Gasteiger partial charge in [-0.2, -0.15) is 5.10 Å². The number of aryl methyl sites for hydroxylation is 2. The van der Waals surface area contributed by atoms with Crippen molar-refractivity contribution in [2.75, 3.05) is 31.6 Å². The molecule has 0 spiro atoms. The minimum absolute atomic E-state index is 0.940. The Morgan fingerprint density at radius 2 is 2.09 bits per heavy atom. The Balaban J connectivity index is 1.57. The van der Waals surface area contributed by atoms with Crippen molar-refractivity contribution in [3.63, 3.8) is 0 Å². The van der Waals surface area contributed by atoms with Gasteiger partial charge in [-0.15, -0.1) is 0 Å². The van der Waals surface area contributed by atoms with E-state index in [-0.39, 0.29) is 0 Å². The Morgan fingerprint density at radius 1 is 1.23 bits per heavy atom. The van der Waals surface area contributed by atoms with Crippen LogP contribution in [0.15, 0.2) is 36.5 Å². The highest BCUT2D eigenvalue weighted by molar-refractivity contribution is 5.55. The number of nitrogens with zero attached hydrogens (tertiary/aromatic N) is 4. The third-order valence-electron chi connectivity index (χ3n) is 4.49. The standard InChI is InChI=1S/C18H26N4/c1-3-22-17(10-11-19-22)15-20(2)13-14-21-12-6-8-16-7-4-5-9-18(16)21/h4-5,7,9-11H,3,6,8,12-15H2,1-2H3. The molecular formula is C18H26N4. The topological polar surface area (TPSA) is 24.3 Å². The molecule has 22 heavy (non-hydrogen) atoms. The third kappa shape index (κ3) is 3.33. The summed E-state index contributed by atoms with van der Waals surface area (Å²) in [5.41, 5.74) is 4.23.